The number of carbonyl (C=O) groups is 3. The number of benzene rings is 4. The van der Waals surface area contributed by atoms with Crippen LogP contribution < -0.4 is 29.7 Å². The lowest BCUT2D eigenvalue weighted by Gasteiger charge is -2.16. The highest BCUT2D eigenvalue weighted by Crippen LogP contribution is 2.40. The molecular formula is C32H26FN3O6S. The van der Waals surface area contributed by atoms with Gasteiger partial charge in [0.15, 0.2) is 0 Å². The van der Waals surface area contributed by atoms with E-state index in [9.17, 15) is 18.8 Å². The van der Waals surface area contributed by atoms with Crippen molar-refractivity contribution in [2.75, 3.05) is 36.9 Å². The summed E-state index contributed by atoms with van der Waals surface area (Å²) in [6, 6.07) is 23.7. The van der Waals surface area contributed by atoms with Crippen LogP contribution in [-0.4, -0.2) is 39.1 Å². The maximum absolute atomic E-state index is 13.7. The molecule has 5 rings (SSSR count). The van der Waals surface area contributed by atoms with Crippen LogP contribution in [0.3, 0.4) is 0 Å². The number of thioether (sulfide) groups is 1. The quantitative estimate of drug-likeness (QED) is 0.211. The van der Waals surface area contributed by atoms with E-state index in [0.29, 0.717) is 44.8 Å². The number of amides is 3. The third kappa shape index (κ3) is 6.31. The molecule has 0 atom stereocenters. The Morgan fingerprint density at radius 2 is 1.42 bits per heavy atom. The van der Waals surface area contributed by atoms with Crippen LogP contribution in [0.4, 0.5) is 21.5 Å². The normalized spacial score (nSPS) is 12.8. The molecule has 2 N–H and O–H groups in total. The first-order chi connectivity index (χ1) is 20.8. The first kappa shape index (κ1) is 29.2. The van der Waals surface area contributed by atoms with Crippen LogP contribution in [-0.2, 0) is 9.59 Å². The van der Waals surface area contributed by atoms with Gasteiger partial charge in [-0.25, -0.2) is 9.29 Å². The Morgan fingerprint density at radius 1 is 0.767 bits per heavy atom. The molecule has 11 heteroatoms. The number of hydrogen-bond donors (Lipinski definition) is 2. The highest BCUT2D eigenvalue weighted by molar-refractivity contribution is 8.04. The Kier molecular flexibility index (Phi) is 8.63. The van der Waals surface area contributed by atoms with E-state index in [1.807, 2.05) is 0 Å². The number of hydrogen-bond acceptors (Lipinski definition) is 8. The van der Waals surface area contributed by atoms with Crippen molar-refractivity contribution in [1.82, 2.24) is 0 Å². The highest BCUT2D eigenvalue weighted by Gasteiger charge is 2.40. The molecular weight excluding hydrogens is 573 g/mol. The van der Waals surface area contributed by atoms with Gasteiger partial charge in [-0.05, 0) is 84.9 Å². The van der Waals surface area contributed by atoms with Gasteiger partial charge in [0.25, 0.3) is 17.7 Å². The van der Waals surface area contributed by atoms with Crippen molar-refractivity contribution >= 4 is 46.5 Å². The molecule has 1 aliphatic heterocycles. The molecule has 0 aliphatic carbocycles. The van der Waals surface area contributed by atoms with Crippen molar-refractivity contribution in [2.24, 2.45) is 0 Å². The van der Waals surface area contributed by atoms with Gasteiger partial charge in [-0.3, -0.25) is 14.4 Å². The van der Waals surface area contributed by atoms with Gasteiger partial charge >= 0.3 is 0 Å². The van der Waals surface area contributed by atoms with E-state index in [-0.39, 0.29) is 10.6 Å². The molecule has 0 fully saturated rings. The molecule has 0 spiro atoms. The van der Waals surface area contributed by atoms with Crippen molar-refractivity contribution in [3.05, 3.63) is 113 Å². The molecule has 9 nitrogen and oxygen atoms in total. The summed E-state index contributed by atoms with van der Waals surface area (Å²) in [5.74, 6) is -0.320. The van der Waals surface area contributed by atoms with Crippen molar-refractivity contribution in [2.45, 2.75) is 4.90 Å². The van der Waals surface area contributed by atoms with Crippen LogP contribution in [0.25, 0.3) is 0 Å². The number of nitrogens with zero attached hydrogens (tertiary/aromatic N) is 1. The van der Waals surface area contributed by atoms with Crippen molar-refractivity contribution in [3.63, 3.8) is 0 Å². The van der Waals surface area contributed by atoms with Gasteiger partial charge in [0.05, 0.1) is 32.7 Å². The standard InChI is InChI=1S/C32H26FN3O6S/c1-40-23-12-10-22(11-13-23)36-31(38)28(35-26-17-14-24(41-2)18-27(26)42-3)29(32(36)39)43-25-15-8-21(9-16-25)34-30(37)19-4-6-20(33)7-5-19/h4-18,35H,1-3H3,(H,34,37). The van der Waals surface area contributed by atoms with Gasteiger partial charge in [0.2, 0.25) is 0 Å². The minimum absolute atomic E-state index is 0.0722. The molecule has 1 aliphatic rings. The summed E-state index contributed by atoms with van der Waals surface area (Å²) in [6.45, 7) is 0. The highest BCUT2D eigenvalue weighted by atomic mass is 32.2. The Hall–Kier alpha value is -5.29. The van der Waals surface area contributed by atoms with Crippen molar-refractivity contribution in [1.29, 1.82) is 0 Å². The number of carbonyl (C=O) groups excluding carboxylic acids is 3. The zero-order valence-corrected chi connectivity index (χ0v) is 24.2. The van der Waals surface area contributed by atoms with Crippen molar-refractivity contribution < 1.29 is 33.0 Å². The third-order valence-corrected chi connectivity index (χ3v) is 7.57. The molecule has 0 unspecified atom stereocenters. The molecule has 0 radical (unpaired) electrons. The second-order valence-corrected chi connectivity index (χ2v) is 10.2. The molecule has 4 aromatic carbocycles. The summed E-state index contributed by atoms with van der Waals surface area (Å²) in [5.41, 5.74) is 1.73. The predicted octanol–water partition coefficient (Wildman–Crippen LogP) is 6.09. The van der Waals surface area contributed by atoms with Crippen LogP contribution >= 0.6 is 11.8 Å². The van der Waals surface area contributed by atoms with E-state index in [1.165, 1.54) is 45.6 Å². The molecule has 0 saturated carbocycles. The monoisotopic (exact) mass is 599 g/mol. The van der Waals surface area contributed by atoms with E-state index in [1.54, 1.807) is 66.7 Å². The summed E-state index contributed by atoms with van der Waals surface area (Å²) in [4.78, 5) is 41.9. The average Bonchev–Trinajstić information content (AvgIpc) is 3.26. The van der Waals surface area contributed by atoms with E-state index in [0.717, 1.165) is 16.7 Å². The largest absolute Gasteiger partial charge is 0.497 e. The van der Waals surface area contributed by atoms with E-state index in [2.05, 4.69) is 10.6 Å². The summed E-state index contributed by atoms with van der Waals surface area (Å²) < 4.78 is 29.2. The van der Waals surface area contributed by atoms with Gasteiger partial charge in [0, 0.05) is 22.2 Å². The Balaban J connectivity index is 1.44. The maximum Gasteiger partial charge on any atom is 0.283 e. The van der Waals surface area contributed by atoms with Gasteiger partial charge in [0.1, 0.15) is 33.7 Å². The third-order valence-electron chi connectivity index (χ3n) is 6.48. The SMILES string of the molecule is COc1ccc(N2C(=O)C(Nc3ccc(OC)cc3OC)=C(Sc3ccc(NC(=O)c4ccc(F)cc4)cc3)C2=O)cc1. The van der Waals surface area contributed by atoms with Gasteiger partial charge in [-0.2, -0.15) is 0 Å². The topological polar surface area (TPSA) is 106 Å². The predicted molar refractivity (Wildman–Crippen MR) is 162 cm³/mol. The fourth-order valence-electron chi connectivity index (χ4n) is 4.25. The van der Waals surface area contributed by atoms with Crippen molar-refractivity contribution in [3.8, 4) is 17.2 Å². The van der Waals surface area contributed by atoms with Crippen LogP contribution in [0.15, 0.2) is 106 Å². The lowest BCUT2D eigenvalue weighted by atomic mass is 10.2. The molecule has 4 aromatic rings. The minimum atomic E-state index is -0.543. The minimum Gasteiger partial charge on any atom is -0.497 e. The second-order valence-electron chi connectivity index (χ2n) is 9.13. The Labute approximate surface area is 251 Å². The average molecular weight is 600 g/mol. The summed E-state index contributed by atoms with van der Waals surface area (Å²) >= 11 is 1.10. The van der Waals surface area contributed by atoms with Gasteiger partial charge in [-0.15, -0.1) is 0 Å². The number of anilines is 3. The second kappa shape index (κ2) is 12.7. The number of rotatable bonds is 10. The van der Waals surface area contributed by atoms with E-state index in [4.69, 9.17) is 14.2 Å². The number of ether oxygens (including phenoxy) is 3. The first-order valence-electron chi connectivity index (χ1n) is 12.9. The molecule has 0 bridgehead atoms. The van der Waals surface area contributed by atoms with Crippen LogP contribution in [0.1, 0.15) is 10.4 Å². The maximum atomic E-state index is 13.7. The van der Waals surface area contributed by atoms with Crippen LogP contribution in [0.5, 0.6) is 17.2 Å². The summed E-state index contributed by atoms with van der Waals surface area (Å²) in [7, 11) is 4.55. The zero-order chi connectivity index (χ0) is 30.5. The first-order valence-corrected chi connectivity index (χ1v) is 13.7. The number of nitrogens with one attached hydrogen (secondary N) is 2. The summed E-state index contributed by atoms with van der Waals surface area (Å²) in [6.07, 6.45) is 0. The fraction of sp³-hybridized carbons (Fsp3) is 0.0938. The number of imide groups is 1. The molecule has 1 heterocycles. The van der Waals surface area contributed by atoms with Crippen LogP contribution in [0.2, 0.25) is 0 Å². The number of halogens is 1. The van der Waals surface area contributed by atoms with Gasteiger partial charge < -0.3 is 24.8 Å². The molecule has 218 valence electrons. The molecule has 3 amide bonds. The lowest BCUT2D eigenvalue weighted by Crippen LogP contribution is -2.32. The summed E-state index contributed by atoms with van der Waals surface area (Å²) in [5, 5.41) is 5.86. The fourth-order valence-corrected chi connectivity index (χ4v) is 5.17. The van der Waals surface area contributed by atoms with E-state index >= 15 is 0 Å². The Morgan fingerprint density at radius 3 is 2.05 bits per heavy atom. The van der Waals surface area contributed by atoms with Gasteiger partial charge in [-0.1, -0.05) is 11.8 Å². The number of methoxy groups -OCH3 is 3. The smallest absolute Gasteiger partial charge is 0.283 e. The Bertz CT molecular complexity index is 1710. The van der Waals surface area contributed by atoms with E-state index < -0.39 is 23.5 Å². The molecule has 0 aromatic heterocycles. The zero-order valence-electron chi connectivity index (χ0n) is 23.3. The molecule has 43 heavy (non-hydrogen) atoms. The van der Waals surface area contributed by atoms with Crippen LogP contribution in [0, 0.1) is 5.82 Å². The lowest BCUT2D eigenvalue weighted by molar-refractivity contribution is -0.120. The molecule has 0 saturated heterocycles.